The average Bonchev–Trinajstić information content (AvgIpc) is 2.80. The van der Waals surface area contributed by atoms with E-state index in [9.17, 15) is 25.6 Å². The molecule has 2 aromatic rings. The molecule has 3 rings (SSSR count). The highest BCUT2D eigenvalue weighted by Crippen LogP contribution is 2.33. The maximum Gasteiger partial charge on any atom is 0.243 e. The van der Waals surface area contributed by atoms with Gasteiger partial charge in [0.05, 0.1) is 23.0 Å². The Bertz CT molecular complexity index is 1090. The largest absolute Gasteiger partial charge is 0.494 e. The first-order valence-corrected chi connectivity index (χ1v) is 11.6. The van der Waals surface area contributed by atoms with Crippen LogP contribution in [0.4, 0.5) is 8.78 Å². The molecule has 1 aliphatic rings. The number of sulfonamides is 1. The van der Waals surface area contributed by atoms with E-state index in [1.54, 1.807) is 0 Å². The molecule has 0 bridgehead atoms. The minimum atomic E-state index is -4.12. The van der Waals surface area contributed by atoms with Crippen molar-refractivity contribution in [2.75, 3.05) is 26.0 Å². The van der Waals surface area contributed by atoms with E-state index >= 15 is 0 Å². The standard InChI is InChI=1S/C18H19F2NO5S2/c1-26-17-7-6-13(12-16(17)20)28(24,25)21-9-8-18(27(22,23)11-10-21)14-4-2-3-5-15(14)19/h2-7,12,18H,8-11H2,1H3. The van der Waals surface area contributed by atoms with E-state index in [2.05, 4.69) is 0 Å². The van der Waals surface area contributed by atoms with Crippen LogP contribution >= 0.6 is 0 Å². The zero-order chi connectivity index (χ0) is 20.5. The smallest absolute Gasteiger partial charge is 0.243 e. The van der Waals surface area contributed by atoms with E-state index in [0.717, 1.165) is 10.4 Å². The van der Waals surface area contributed by atoms with Gasteiger partial charge in [0.1, 0.15) is 5.82 Å². The van der Waals surface area contributed by atoms with Crippen LogP contribution in [0.5, 0.6) is 5.75 Å². The Labute approximate surface area is 162 Å². The number of halogens is 2. The second-order valence-electron chi connectivity index (χ2n) is 6.37. The van der Waals surface area contributed by atoms with Gasteiger partial charge in [-0.1, -0.05) is 18.2 Å². The summed E-state index contributed by atoms with van der Waals surface area (Å²) in [5.74, 6) is -2.04. The van der Waals surface area contributed by atoms with Crippen LogP contribution in [-0.4, -0.2) is 47.1 Å². The number of ether oxygens (including phenoxy) is 1. The van der Waals surface area contributed by atoms with Gasteiger partial charge in [0.2, 0.25) is 10.0 Å². The van der Waals surface area contributed by atoms with E-state index in [-0.39, 0.29) is 35.7 Å². The highest BCUT2D eigenvalue weighted by atomic mass is 32.2. The number of sulfone groups is 1. The van der Waals surface area contributed by atoms with Crippen molar-refractivity contribution in [1.29, 1.82) is 0 Å². The Morgan fingerprint density at radius 2 is 1.79 bits per heavy atom. The zero-order valence-electron chi connectivity index (χ0n) is 15.0. The first-order chi connectivity index (χ1) is 13.2. The number of nitrogens with zero attached hydrogens (tertiary/aromatic N) is 1. The van der Waals surface area contributed by atoms with Crippen LogP contribution in [0.25, 0.3) is 0 Å². The molecule has 0 aliphatic carbocycles. The van der Waals surface area contributed by atoms with Crippen molar-refractivity contribution in [2.45, 2.75) is 16.6 Å². The van der Waals surface area contributed by atoms with Gasteiger partial charge >= 0.3 is 0 Å². The molecule has 1 heterocycles. The predicted octanol–water partition coefficient (Wildman–Crippen LogP) is 2.52. The predicted molar refractivity (Wildman–Crippen MR) is 99.3 cm³/mol. The lowest BCUT2D eigenvalue weighted by Gasteiger charge is -2.20. The molecule has 0 saturated carbocycles. The second-order valence-corrected chi connectivity index (χ2v) is 10.6. The molecule has 152 valence electrons. The van der Waals surface area contributed by atoms with Gasteiger partial charge in [0.25, 0.3) is 0 Å². The van der Waals surface area contributed by atoms with E-state index in [4.69, 9.17) is 4.74 Å². The van der Waals surface area contributed by atoms with E-state index in [1.807, 2.05) is 0 Å². The van der Waals surface area contributed by atoms with Crippen molar-refractivity contribution >= 4 is 19.9 Å². The molecule has 1 saturated heterocycles. The summed E-state index contributed by atoms with van der Waals surface area (Å²) in [7, 11) is -6.63. The Hall–Kier alpha value is -2.04. The molecule has 0 amide bonds. The summed E-state index contributed by atoms with van der Waals surface area (Å²) < 4.78 is 84.8. The molecule has 1 aliphatic heterocycles. The third kappa shape index (κ3) is 3.89. The maximum atomic E-state index is 14.1. The lowest BCUT2D eigenvalue weighted by atomic mass is 10.1. The Morgan fingerprint density at radius 3 is 2.43 bits per heavy atom. The molecular formula is C18H19F2NO5S2. The summed E-state index contributed by atoms with van der Waals surface area (Å²) in [4.78, 5) is -0.299. The van der Waals surface area contributed by atoms with Gasteiger partial charge in [0, 0.05) is 18.7 Å². The Balaban J connectivity index is 1.92. The molecule has 0 spiro atoms. The van der Waals surface area contributed by atoms with E-state index in [0.29, 0.717) is 0 Å². The minimum Gasteiger partial charge on any atom is -0.494 e. The normalized spacial score (nSPS) is 20.5. The molecule has 10 heteroatoms. The molecule has 1 atom stereocenters. The lowest BCUT2D eigenvalue weighted by molar-refractivity contribution is 0.385. The highest BCUT2D eigenvalue weighted by molar-refractivity contribution is 7.92. The Kier molecular flexibility index (Phi) is 5.74. The van der Waals surface area contributed by atoms with Crippen LogP contribution in [0, 0.1) is 11.6 Å². The van der Waals surface area contributed by atoms with Gasteiger partial charge in [-0.05, 0) is 30.7 Å². The van der Waals surface area contributed by atoms with Crippen LogP contribution in [0.15, 0.2) is 47.4 Å². The van der Waals surface area contributed by atoms with Crippen LogP contribution < -0.4 is 4.74 Å². The third-order valence-corrected chi connectivity index (χ3v) is 8.72. The summed E-state index contributed by atoms with van der Waals surface area (Å²) in [5.41, 5.74) is 0.0252. The van der Waals surface area contributed by atoms with Gasteiger partial charge in [-0.15, -0.1) is 0 Å². The van der Waals surface area contributed by atoms with Gasteiger partial charge in [-0.25, -0.2) is 25.6 Å². The molecule has 1 fully saturated rings. The van der Waals surface area contributed by atoms with Crippen molar-refractivity contribution in [2.24, 2.45) is 0 Å². The van der Waals surface area contributed by atoms with E-state index < -0.39 is 42.5 Å². The molecule has 28 heavy (non-hydrogen) atoms. The van der Waals surface area contributed by atoms with Crippen molar-refractivity contribution in [3.63, 3.8) is 0 Å². The molecule has 0 radical (unpaired) electrons. The Morgan fingerprint density at radius 1 is 1.07 bits per heavy atom. The first kappa shape index (κ1) is 20.7. The van der Waals surface area contributed by atoms with Gasteiger partial charge in [-0.2, -0.15) is 4.31 Å². The average molecular weight is 431 g/mol. The molecule has 6 nitrogen and oxygen atoms in total. The molecule has 2 aromatic carbocycles. The topological polar surface area (TPSA) is 80.8 Å². The highest BCUT2D eigenvalue weighted by Gasteiger charge is 2.36. The number of benzene rings is 2. The molecular weight excluding hydrogens is 412 g/mol. The summed E-state index contributed by atoms with van der Waals surface area (Å²) in [6.45, 7) is -0.419. The fourth-order valence-corrected chi connectivity index (χ4v) is 6.59. The summed E-state index contributed by atoms with van der Waals surface area (Å²) in [6, 6.07) is 8.78. The van der Waals surface area contributed by atoms with Gasteiger partial charge in [-0.3, -0.25) is 0 Å². The fourth-order valence-electron chi connectivity index (χ4n) is 3.21. The van der Waals surface area contributed by atoms with Gasteiger partial charge in [0.15, 0.2) is 21.4 Å². The van der Waals surface area contributed by atoms with Crippen molar-refractivity contribution in [3.05, 3.63) is 59.7 Å². The van der Waals surface area contributed by atoms with Crippen LogP contribution in [-0.2, 0) is 19.9 Å². The van der Waals surface area contributed by atoms with Crippen molar-refractivity contribution < 1.29 is 30.4 Å². The van der Waals surface area contributed by atoms with Crippen LogP contribution in [0.2, 0.25) is 0 Å². The monoisotopic (exact) mass is 431 g/mol. The lowest BCUT2D eigenvalue weighted by Crippen LogP contribution is -2.33. The van der Waals surface area contributed by atoms with Crippen LogP contribution in [0.3, 0.4) is 0 Å². The summed E-state index contributed by atoms with van der Waals surface area (Å²) in [6.07, 6.45) is -0.0961. The van der Waals surface area contributed by atoms with Gasteiger partial charge < -0.3 is 4.74 Å². The number of hydrogen-bond acceptors (Lipinski definition) is 5. The molecule has 1 unspecified atom stereocenters. The van der Waals surface area contributed by atoms with Crippen LogP contribution in [0.1, 0.15) is 17.2 Å². The maximum absolute atomic E-state index is 14.1. The quantitative estimate of drug-likeness (QED) is 0.743. The number of hydrogen-bond donors (Lipinski definition) is 0. The third-order valence-electron chi connectivity index (χ3n) is 4.71. The van der Waals surface area contributed by atoms with Crippen molar-refractivity contribution in [3.8, 4) is 5.75 Å². The SMILES string of the molecule is COc1ccc(S(=O)(=O)N2CCC(c3ccccc3F)S(=O)(=O)CC2)cc1F. The minimum absolute atomic E-state index is 0.0252. The van der Waals surface area contributed by atoms with E-state index in [1.165, 1.54) is 43.5 Å². The fraction of sp³-hybridized carbons (Fsp3) is 0.333. The van der Waals surface area contributed by atoms with Crippen molar-refractivity contribution in [1.82, 2.24) is 4.31 Å². The number of methoxy groups -OCH3 is 1. The number of rotatable bonds is 4. The second kappa shape index (κ2) is 7.76. The summed E-state index contributed by atoms with van der Waals surface area (Å²) >= 11 is 0. The first-order valence-electron chi connectivity index (χ1n) is 8.46. The summed E-state index contributed by atoms with van der Waals surface area (Å²) in [5, 5.41) is -1.14. The molecule has 0 N–H and O–H groups in total. The molecule has 0 aromatic heterocycles. The zero-order valence-corrected chi connectivity index (χ0v) is 16.6.